The number of aryl methyl sites for hydroxylation is 3. The third-order valence-corrected chi connectivity index (χ3v) is 4.90. The summed E-state index contributed by atoms with van der Waals surface area (Å²) in [6.45, 7) is 2.63. The van der Waals surface area contributed by atoms with E-state index in [1.54, 1.807) is 11.3 Å². The van der Waals surface area contributed by atoms with Crippen LogP contribution in [0.1, 0.15) is 34.5 Å². The van der Waals surface area contributed by atoms with Gasteiger partial charge in [0.1, 0.15) is 5.01 Å². The lowest BCUT2D eigenvalue weighted by Crippen LogP contribution is -2.02. The van der Waals surface area contributed by atoms with Gasteiger partial charge in [0.2, 0.25) is 0 Å². The molecule has 2 N–H and O–H groups in total. The molecule has 0 bridgehead atoms. The van der Waals surface area contributed by atoms with Crippen molar-refractivity contribution >= 4 is 11.3 Å². The summed E-state index contributed by atoms with van der Waals surface area (Å²) in [7, 11) is 0. The zero-order valence-corrected chi connectivity index (χ0v) is 11.5. The van der Waals surface area contributed by atoms with Gasteiger partial charge in [-0.3, -0.25) is 0 Å². The van der Waals surface area contributed by atoms with Gasteiger partial charge in [-0.05, 0) is 49.8 Å². The number of benzene rings is 1. The summed E-state index contributed by atoms with van der Waals surface area (Å²) in [6, 6.07) is 6.82. The van der Waals surface area contributed by atoms with Crippen molar-refractivity contribution in [3.8, 4) is 10.6 Å². The molecule has 2 nitrogen and oxygen atoms in total. The SMILES string of the molecule is Cc1nc(-c2ccc3c(c2)CCCC3)sc1CN. The Bertz CT molecular complexity index is 572. The number of aromatic nitrogens is 1. The molecule has 0 unspecified atom stereocenters. The van der Waals surface area contributed by atoms with E-state index in [0.29, 0.717) is 6.54 Å². The molecule has 1 aromatic heterocycles. The Morgan fingerprint density at radius 3 is 2.72 bits per heavy atom. The van der Waals surface area contributed by atoms with Gasteiger partial charge in [0.15, 0.2) is 0 Å². The molecule has 1 aliphatic rings. The third-order valence-electron chi connectivity index (χ3n) is 3.67. The zero-order valence-electron chi connectivity index (χ0n) is 10.7. The van der Waals surface area contributed by atoms with Gasteiger partial charge in [-0.1, -0.05) is 12.1 Å². The molecule has 0 radical (unpaired) electrons. The molecule has 94 valence electrons. The smallest absolute Gasteiger partial charge is 0.123 e. The minimum Gasteiger partial charge on any atom is -0.326 e. The van der Waals surface area contributed by atoms with Crippen LogP contribution in [0, 0.1) is 6.92 Å². The van der Waals surface area contributed by atoms with Gasteiger partial charge in [-0.15, -0.1) is 11.3 Å². The molecule has 3 heteroatoms. The number of fused-ring (bicyclic) bond motifs is 1. The van der Waals surface area contributed by atoms with E-state index in [2.05, 4.69) is 23.2 Å². The Morgan fingerprint density at radius 2 is 2.00 bits per heavy atom. The molecule has 0 saturated heterocycles. The zero-order chi connectivity index (χ0) is 12.5. The van der Waals surface area contributed by atoms with Crippen LogP contribution in [0.4, 0.5) is 0 Å². The fourth-order valence-corrected chi connectivity index (χ4v) is 3.54. The first-order chi connectivity index (χ1) is 8.78. The molecule has 18 heavy (non-hydrogen) atoms. The Labute approximate surface area is 112 Å². The molecule has 0 atom stereocenters. The highest BCUT2D eigenvalue weighted by Crippen LogP contribution is 2.31. The lowest BCUT2D eigenvalue weighted by molar-refractivity contribution is 0.686. The molecule has 0 spiro atoms. The first kappa shape index (κ1) is 11.9. The van der Waals surface area contributed by atoms with Crippen LogP contribution in [-0.2, 0) is 19.4 Å². The number of rotatable bonds is 2. The summed E-state index contributed by atoms with van der Waals surface area (Å²) in [5.74, 6) is 0. The minimum atomic E-state index is 0.592. The van der Waals surface area contributed by atoms with Gasteiger partial charge in [-0.2, -0.15) is 0 Å². The van der Waals surface area contributed by atoms with Gasteiger partial charge in [0.25, 0.3) is 0 Å². The highest BCUT2D eigenvalue weighted by molar-refractivity contribution is 7.15. The Kier molecular flexibility index (Phi) is 3.18. The summed E-state index contributed by atoms with van der Waals surface area (Å²) in [5, 5.41) is 1.11. The number of hydrogen-bond donors (Lipinski definition) is 1. The van der Waals surface area contributed by atoms with Crippen molar-refractivity contribution < 1.29 is 0 Å². The summed E-state index contributed by atoms with van der Waals surface area (Å²) >= 11 is 1.73. The van der Waals surface area contributed by atoms with E-state index >= 15 is 0 Å². The molecule has 0 fully saturated rings. The van der Waals surface area contributed by atoms with Gasteiger partial charge in [0, 0.05) is 17.0 Å². The Morgan fingerprint density at radius 1 is 1.22 bits per heavy atom. The van der Waals surface area contributed by atoms with Gasteiger partial charge in [-0.25, -0.2) is 4.98 Å². The number of nitrogens with two attached hydrogens (primary N) is 1. The molecule has 0 saturated carbocycles. The summed E-state index contributed by atoms with van der Waals surface area (Å²) in [4.78, 5) is 5.84. The average molecular weight is 258 g/mol. The molecule has 1 aromatic carbocycles. The van der Waals surface area contributed by atoms with Gasteiger partial charge >= 0.3 is 0 Å². The van der Waals surface area contributed by atoms with E-state index in [1.807, 2.05) is 6.92 Å². The predicted molar refractivity (Wildman–Crippen MR) is 76.8 cm³/mol. The van der Waals surface area contributed by atoms with Crippen molar-refractivity contribution in [2.45, 2.75) is 39.2 Å². The summed E-state index contributed by atoms with van der Waals surface area (Å²) in [6.07, 6.45) is 5.11. The fraction of sp³-hybridized carbons (Fsp3) is 0.400. The second-order valence-electron chi connectivity index (χ2n) is 4.92. The van der Waals surface area contributed by atoms with E-state index in [-0.39, 0.29) is 0 Å². The average Bonchev–Trinajstić information content (AvgIpc) is 2.79. The summed E-state index contributed by atoms with van der Waals surface area (Å²) in [5.41, 5.74) is 11.1. The van der Waals surface area contributed by atoms with Gasteiger partial charge in [0.05, 0.1) is 5.69 Å². The van der Waals surface area contributed by atoms with Crippen molar-refractivity contribution in [1.82, 2.24) is 4.98 Å². The van der Waals surface area contributed by atoms with Crippen LogP contribution in [0.25, 0.3) is 10.6 Å². The number of thiazole rings is 1. The Balaban J connectivity index is 2.00. The highest BCUT2D eigenvalue weighted by Gasteiger charge is 2.13. The lowest BCUT2D eigenvalue weighted by atomic mass is 9.90. The van der Waals surface area contributed by atoms with E-state index in [4.69, 9.17) is 5.73 Å². The second-order valence-corrected chi connectivity index (χ2v) is 6.01. The third kappa shape index (κ3) is 2.08. The van der Waals surface area contributed by atoms with E-state index in [1.165, 1.54) is 47.3 Å². The molecule has 0 amide bonds. The van der Waals surface area contributed by atoms with E-state index in [0.717, 1.165) is 10.7 Å². The van der Waals surface area contributed by atoms with Crippen LogP contribution in [0.3, 0.4) is 0 Å². The first-order valence-electron chi connectivity index (χ1n) is 6.56. The number of hydrogen-bond acceptors (Lipinski definition) is 3. The molecule has 2 aromatic rings. The van der Waals surface area contributed by atoms with Crippen LogP contribution in [-0.4, -0.2) is 4.98 Å². The molecule has 1 aliphatic carbocycles. The topological polar surface area (TPSA) is 38.9 Å². The monoisotopic (exact) mass is 258 g/mol. The fourth-order valence-electron chi connectivity index (χ4n) is 2.61. The van der Waals surface area contributed by atoms with E-state index in [9.17, 15) is 0 Å². The second kappa shape index (κ2) is 4.82. The standard InChI is InChI=1S/C15H18N2S/c1-10-14(9-16)18-15(17-10)13-7-6-11-4-2-3-5-12(11)8-13/h6-8H,2-5,9,16H2,1H3. The van der Waals surface area contributed by atoms with Crippen LogP contribution >= 0.6 is 11.3 Å². The first-order valence-corrected chi connectivity index (χ1v) is 7.38. The quantitative estimate of drug-likeness (QED) is 0.896. The molecular formula is C15H18N2S. The normalized spacial score (nSPS) is 14.6. The lowest BCUT2D eigenvalue weighted by Gasteiger charge is -2.15. The van der Waals surface area contributed by atoms with Crippen molar-refractivity contribution in [2.75, 3.05) is 0 Å². The van der Waals surface area contributed by atoms with Gasteiger partial charge < -0.3 is 5.73 Å². The number of nitrogens with zero attached hydrogens (tertiary/aromatic N) is 1. The van der Waals surface area contributed by atoms with Crippen molar-refractivity contribution in [2.24, 2.45) is 5.73 Å². The molecule has 1 heterocycles. The summed E-state index contributed by atoms with van der Waals surface area (Å²) < 4.78 is 0. The van der Waals surface area contributed by atoms with Crippen molar-refractivity contribution in [1.29, 1.82) is 0 Å². The molecular weight excluding hydrogens is 240 g/mol. The molecule has 0 aliphatic heterocycles. The highest BCUT2D eigenvalue weighted by atomic mass is 32.1. The van der Waals surface area contributed by atoms with Crippen LogP contribution in [0.2, 0.25) is 0 Å². The van der Waals surface area contributed by atoms with Crippen LogP contribution in [0.5, 0.6) is 0 Å². The largest absolute Gasteiger partial charge is 0.326 e. The maximum atomic E-state index is 5.72. The van der Waals surface area contributed by atoms with Crippen molar-refractivity contribution in [3.63, 3.8) is 0 Å². The van der Waals surface area contributed by atoms with Crippen LogP contribution < -0.4 is 5.73 Å². The maximum absolute atomic E-state index is 5.72. The Hall–Kier alpha value is -1.19. The molecule has 3 rings (SSSR count). The van der Waals surface area contributed by atoms with Crippen LogP contribution in [0.15, 0.2) is 18.2 Å². The minimum absolute atomic E-state index is 0.592. The van der Waals surface area contributed by atoms with Crippen molar-refractivity contribution in [3.05, 3.63) is 39.9 Å². The predicted octanol–water partition coefficient (Wildman–Crippen LogP) is 3.46. The maximum Gasteiger partial charge on any atom is 0.123 e. The van der Waals surface area contributed by atoms with E-state index < -0.39 is 0 Å².